The Morgan fingerprint density at radius 2 is 2.21 bits per heavy atom. The largest absolute Gasteiger partial charge is 0.409 e. The summed E-state index contributed by atoms with van der Waals surface area (Å²) in [4.78, 5) is 12.3. The molecule has 0 aliphatic rings. The van der Waals surface area contributed by atoms with Crippen molar-refractivity contribution in [2.75, 3.05) is 18.0 Å². The third kappa shape index (κ3) is 3.34. The van der Waals surface area contributed by atoms with E-state index in [-0.39, 0.29) is 11.5 Å². The molecule has 0 radical (unpaired) electrons. The number of nitro benzene ring substituents is 1. The number of hydrogen-bond donors (Lipinski definition) is 2. The molecular formula is C12H18N4O3. The minimum atomic E-state index is -0.506. The van der Waals surface area contributed by atoms with Gasteiger partial charge in [-0.3, -0.25) is 10.1 Å². The third-order valence-corrected chi connectivity index (χ3v) is 2.79. The summed E-state index contributed by atoms with van der Waals surface area (Å²) < 4.78 is 0. The van der Waals surface area contributed by atoms with Crippen LogP contribution < -0.4 is 10.6 Å². The molecule has 0 atom stereocenters. The number of nitrogens with zero attached hydrogens (tertiary/aromatic N) is 3. The average Bonchev–Trinajstić information content (AvgIpc) is 2.43. The van der Waals surface area contributed by atoms with Crippen molar-refractivity contribution in [1.29, 1.82) is 0 Å². The van der Waals surface area contributed by atoms with E-state index in [1.54, 1.807) is 6.07 Å². The lowest BCUT2D eigenvalue weighted by molar-refractivity contribution is -0.384. The second-order valence-electron chi connectivity index (χ2n) is 4.02. The van der Waals surface area contributed by atoms with E-state index in [9.17, 15) is 10.1 Å². The first-order chi connectivity index (χ1) is 9.04. The topological polar surface area (TPSA) is 105 Å². The van der Waals surface area contributed by atoms with Crippen LogP contribution in [-0.2, 0) is 0 Å². The maximum atomic E-state index is 10.8. The van der Waals surface area contributed by atoms with Gasteiger partial charge in [0.2, 0.25) is 0 Å². The summed E-state index contributed by atoms with van der Waals surface area (Å²) in [6.45, 7) is 5.54. The molecule has 0 saturated heterocycles. The lowest BCUT2D eigenvalue weighted by atomic mass is 10.1. The van der Waals surface area contributed by atoms with E-state index in [2.05, 4.69) is 5.16 Å². The molecule has 0 bridgehead atoms. The number of nitrogens with two attached hydrogens (primary N) is 1. The molecule has 0 spiro atoms. The molecule has 0 heterocycles. The first kappa shape index (κ1) is 14.7. The highest BCUT2D eigenvalue weighted by atomic mass is 16.6. The summed E-state index contributed by atoms with van der Waals surface area (Å²) in [5.41, 5.74) is 6.61. The van der Waals surface area contributed by atoms with Gasteiger partial charge in [-0.2, -0.15) is 0 Å². The first-order valence-corrected chi connectivity index (χ1v) is 6.06. The van der Waals surface area contributed by atoms with Crippen LogP contribution in [0.3, 0.4) is 0 Å². The summed E-state index contributed by atoms with van der Waals surface area (Å²) in [5, 5.41) is 22.5. The van der Waals surface area contributed by atoms with Crippen molar-refractivity contribution >= 4 is 17.2 Å². The van der Waals surface area contributed by atoms with Gasteiger partial charge in [-0.05, 0) is 19.4 Å². The van der Waals surface area contributed by atoms with Crippen molar-refractivity contribution < 1.29 is 10.1 Å². The molecule has 3 N–H and O–H groups in total. The van der Waals surface area contributed by atoms with E-state index >= 15 is 0 Å². The van der Waals surface area contributed by atoms with Gasteiger partial charge in [0, 0.05) is 30.9 Å². The number of hydrogen-bond acceptors (Lipinski definition) is 5. The van der Waals surface area contributed by atoms with Crippen LogP contribution in [0.4, 0.5) is 11.4 Å². The van der Waals surface area contributed by atoms with Crippen LogP contribution in [0.2, 0.25) is 0 Å². The van der Waals surface area contributed by atoms with Gasteiger partial charge in [0.05, 0.1) is 10.5 Å². The molecule has 7 heteroatoms. The Hall–Kier alpha value is -2.31. The Balaban J connectivity index is 3.33. The van der Waals surface area contributed by atoms with Crippen molar-refractivity contribution in [3.05, 3.63) is 33.9 Å². The summed E-state index contributed by atoms with van der Waals surface area (Å²) in [6.07, 6.45) is 0.931. The van der Waals surface area contributed by atoms with Gasteiger partial charge in [0.15, 0.2) is 5.84 Å². The third-order valence-electron chi connectivity index (χ3n) is 2.79. The van der Waals surface area contributed by atoms with E-state index in [4.69, 9.17) is 10.9 Å². The number of oxime groups is 1. The van der Waals surface area contributed by atoms with E-state index in [1.807, 2.05) is 18.7 Å². The van der Waals surface area contributed by atoms with Gasteiger partial charge in [-0.15, -0.1) is 0 Å². The number of rotatable bonds is 6. The fourth-order valence-electron chi connectivity index (χ4n) is 1.89. The van der Waals surface area contributed by atoms with Crippen LogP contribution in [0.15, 0.2) is 23.4 Å². The van der Waals surface area contributed by atoms with Gasteiger partial charge in [0.1, 0.15) is 0 Å². The van der Waals surface area contributed by atoms with Crippen molar-refractivity contribution in [3.8, 4) is 0 Å². The molecule has 0 amide bonds. The van der Waals surface area contributed by atoms with Crippen LogP contribution in [0.5, 0.6) is 0 Å². The molecule has 0 fully saturated rings. The van der Waals surface area contributed by atoms with Gasteiger partial charge in [-0.25, -0.2) is 0 Å². The molecule has 0 saturated carbocycles. The van der Waals surface area contributed by atoms with Crippen molar-refractivity contribution in [2.45, 2.75) is 20.3 Å². The minimum absolute atomic E-state index is 0.0853. The normalized spacial score (nSPS) is 11.4. The molecule has 1 rings (SSSR count). The molecule has 0 aliphatic heterocycles. The highest BCUT2D eigenvalue weighted by Gasteiger charge is 2.17. The standard InChI is InChI=1S/C12H18N4O3/c1-3-7-15(4-2)11-6-5-9(16(18)19)8-10(11)12(13)14-17/h5-6,8,17H,3-4,7H2,1-2H3,(H2,13,14). The molecule has 104 valence electrons. The monoisotopic (exact) mass is 266 g/mol. The zero-order valence-corrected chi connectivity index (χ0v) is 11.0. The Bertz CT molecular complexity index is 488. The summed E-state index contributed by atoms with van der Waals surface area (Å²) in [5.74, 6) is -0.131. The molecular weight excluding hydrogens is 248 g/mol. The summed E-state index contributed by atoms with van der Waals surface area (Å²) in [7, 11) is 0. The Kier molecular flexibility index (Phi) is 5.11. The van der Waals surface area contributed by atoms with E-state index < -0.39 is 4.92 Å². The molecule has 7 nitrogen and oxygen atoms in total. The lowest BCUT2D eigenvalue weighted by Gasteiger charge is -2.24. The molecule has 1 aromatic rings. The Labute approximate surface area is 111 Å². The zero-order chi connectivity index (χ0) is 14.4. The number of non-ortho nitro benzene ring substituents is 1. The van der Waals surface area contributed by atoms with Crippen molar-refractivity contribution in [3.63, 3.8) is 0 Å². The second kappa shape index (κ2) is 6.58. The maximum absolute atomic E-state index is 10.8. The second-order valence-corrected chi connectivity index (χ2v) is 4.02. The summed E-state index contributed by atoms with van der Waals surface area (Å²) in [6, 6.07) is 4.37. The predicted molar refractivity (Wildman–Crippen MR) is 73.8 cm³/mol. The van der Waals surface area contributed by atoms with E-state index in [0.717, 1.165) is 25.2 Å². The lowest BCUT2D eigenvalue weighted by Crippen LogP contribution is -2.27. The molecule has 0 aliphatic carbocycles. The quantitative estimate of drug-likeness (QED) is 0.269. The number of benzene rings is 1. The van der Waals surface area contributed by atoms with Crippen molar-refractivity contribution in [2.24, 2.45) is 10.9 Å². The number of anilines is 1. The smallest absolute Gasteiger partial charge is 0.270 e. The van der Waals surface area contributed by atoms with Crippen LogP contribution in [0, 0.1) is 10.1 Å². The Morgan fingerprint density at radius 3 is 2.68 bits per heavy atom. The number of nitro groups is 1. The van der Waals surface area contributed by atoms with Crippen molar-refractivity contribution in [1.82, 2.24) is 0 Å². The van der Waals surface area contributed by atoms with Crippen LogP contribution in [0.25, 0.3) is 0 Å². The highest BCUT2D eigenvalue weighted by Crippen LogP contribution is 2.25. The molecule has 0 aromatic heterocycles. The fourth-order valence-corrected chi connectivity index (χ4v) is 1.89. The minimum Gasteiger partial charge on any atom is -0.409 e. The molecule has 19 heavy (non-hydrogen) atoms. The van der Waals surface area contributed by atoms with Crippen LogP contribution in [0.1, 0.15) is 25.8 Å². The van der Waals surface area contributed by atoms with Crippen LogP contribution in [-0.4, -0.2) is 29.1 Å². The van der Waals surface area contributed by atoms with E-state index in [0.29, 0.717) is 5.56 Å². The SMILES string of the molecule is CCCN(CC)c1ccc([N+](=O)[O-])cc1/C(N)=N/O. The molecule has 0 unspecified atom stereocenters. The van der Waals surface area contributed by atoms with Crippen LogP contribution >= 0.6 is 0 Å². The highest BCUT2D eigenvalue weighted by molar-refractivity contribution is 6.02. The molecule has 1 aromatic carbocycles. The van der Waals surface area contributed by atoms with Gasteiger partial charge >= 0.3 is 0 Å². The van der Waals surface area contributed by atoms with Gasteiger partial charge < -0.3 is 15.8 Å². The first-order valence-electron chi connectivity index (χ1n) is 6.06. The number of amidine groups is 1. The Morgan fingerprint density at radius 1 is 1.53 bits per heavy atom. The van der Waals surface area contributed by atoms with E-state index in [1.165, 1.54) is 12.1 Å². The van der Waals surface area contributed by atoms with Gasteiger partial charge in [-0.1, -0.05) is 12.1 Å². The summed E-state index contributed by atoms with van der Waals surface area (Å²) >= 11 is 0. The predicted octanol–water partition coefficient (Wildman–Crippen LogP) is 1.93. The fraction of sp³-hybridized carbons (Fsp3) is 0.417. The maximum Gasteiger partial charge on any atom is 0.270 e. The zero-order valence-electron chi connectivity index (χ0n) is 11.0. The van der Waals surface area contributed by atoms with Gasteiger partial charge in [0.25, 0.3) is 5.69 Å². The average molecular weight is 266 g/mol.